The van der Waals surface area contributed by atoms with Crippen LogP contribution >= 0.6 is 11.6 Å². The molecule has 0 atom stereocenters. The number of amides is 1. The van der Waals surface area contributed by atoms with Crippen LogP contribution in [0.2, 0.25) is 5.02 Å². The number of nitrogens with zero attached hydrogens (tertiary/aromatic N) is 3. The summed E-state index contributed by atoms with van der Waals surface area (Å²) in [6.45, 7) is 3.81. The lowest BCUT2D eigenvalue weighted by atomic mass is 10.1. The van der Waals surface area contributed by atoms with Gasteiger partial charge in [0.2, 0.25) is 0 Å². The third kappa shape index (κ3) is 5.67. The average molecular weight is 511 g/mol. The Morgan fingerprint density at radius 2 is 2.03 bits per heavy atom. The van der Waals surface area contributed by atoms with Gasteiger partial charge >= 0.3 is 0 Å². The first-order chi connectivity index (χ1) is 17.5. The molecule has 1 amide bonds. The van der Waals surface area contributed by atoms with Crippen LogP contribution in [0.1, 0.15) is 0 Å². The van der Waals surface area contributed by atoms with Crippen molar-refractivity contribution in [3.63, 3.8) is 0 Å². The molecule has 36 heavy (non-hydrogen) atoms. The Hall–Kier alpha value is -3.89. The summed E-state index contributed by atoms with van der Waals surface area (Å²) < 4.78 is 25.7. The smallest absolute Gasteiger partial charge is 0.250 e. The van der Waals surface area contributed by atoms with Crippen LogP contribution in [0.3, 0.4) is 0 Å². The van der Waals surface area contributed by atoms with Crippen molar-refractivity contribution < 1.29 is 18.7 Å². The van der Waals surface area contributed by atoms with Crippen molar-refractivity contribution in [2.24, 2.45) is 0 Å². The van der Waals surface area contributed by atoms with E-state index in [1.807, 2.05) is 4.90 Å². The van der Waals surface area contributed by atoms with E-state index in [4.69, 9.17) is 21.1 Å². The number of pyridine rings is 2. The lowest BCUT2D eigenvalue weighted by molar-refractivity contribution is -0.112. The number of carbonyl (C=O) groups is 1. The van der Waals surface area contributed by atoms with Crippen molar-refractivity contribution in [1.29, 1.82) is 0 Å². The van der Waals surface area contributed by atoms with Gasteiger partial charge in [-0.25, -0.2) is 14.4 Å². The lowest BCUT2D eigenvalue weighted by Gasteiger charge is -2.24. The number of rotatable bonds is 6. The summed E-state index contributed by atoms with van der Waals surface area (Å²) in [4.78, 5) is 23.2. The summed E-state index contributed by atoms with van der Waals surface area (Å²) in [5, 5.41) is 9.64. The van der Waals surface area contributed by atoms with Crippen molar-refractivity contribution >= 4 is 40.5 Å². The van der Waals surface area contributed by atoms with Crippen molar-refractivity contribution in [2.75, 3.05) is 55.4 Å². The van der Waals surface area contributed by atoms with Gasteiger partial charge in [-0.1, -0.05) is 11.6 Å². The zero-order valence-corrected chi connectivity index (χ0v) is 20.0. The van der Waals surface area contributed by atoms with E-state index < -0.39 is 5.82 Å². The number of aromatic nitrogens is 2. The van der Waals surface area contributed by atoms with Crippen LogP contribution in [0, 0.1) is 5.82 Å². The Balaban J connectivity index is 1.37. The maximum atomic E-state index is 14.6. The van der Waals surface area contributed by atoms with Crippen molar-refractivity contribution in [1.82, 2.24) is 14.9 Å². The minimum atomic E-state index is -0.437. The fourth-order valence-electron chi connectivity index (χ4n) is 3.85. The molecular formula is C25H24ClFN6O3. The number of morpholine rings is 1. The molecule has 186 valence electrons. The highest BCUT2D eigenvalue weighted by molar-refractivity contribution is 6.30. The minimum absolute atomic E-state index is 0.274. The highest BCUT2D eigenvalue weighted by Crippen LogP contribution is 2.39. The second kappa shape index (κ2) is 10.8. The van der Waals surface area contributed by atoms with E-state index in [-0.39, 0.29) is 11.5 Å². The number of ether oxygens (including phenoxy) is 2. The van der Waals surface area contributed by atoms with Gasteiger partial charge in [-0.05, 0) is 30.3 Å². The van der Waals surface area contributed by atoms with E-state index in [2.05, 4.69) is 25.9 Å². The molecule has 1 aromatic carbocycles. The zero-order chi connectivity index (χ0) is 24.9. The standard InChI is InChI=1S/C25H24ClFN6O3/c26-16-1-2-19(27)18(13-16)20-15-21(24-25(31-20)29-6-10-36-24)30-17-3-5-28-22(14-17)32-23(34)4-7-33-8-11-35-12-9-33/h1-5,7,13-15H,6,8-12H2,(H3,28,29,30,31,32,34). The molecule has 0 unspecified atom stereocenters. The van der Waals surface area contributed by atoms with E-state index in [9.17, 15) is 9.18 Å². The Labute approximate surface area is 212 Å². The number of benzene rings is 1. The van der Waals surface area contributed by atoms with Gasteiger partial charge in [0.25, 0.3) is 5.91 Å². The number of nitrogens with one attached hydrogen (secondary N) is 3. The third-order valence-electron chi connectivity index (χ3n) is 5.59. The van der Waals surface area contributed by atoms with Gasteiger partial charge in [0.1, 0.15) is 18.2 Å². The van der Waals surface area contributed by atoms with E-state index in [1.54, 1.807) is 30.6 Å². The second-order valence-electron chi connectivity index (χ2n) is 8.14. The van der Waals surface area contributed by atoms with Gasteiger partial charge in [0, 0.05) is 53.9 Å². The van der Waals surface area contributed by atoms with Crippen LogP contribution in [0.5, 0.6) is 5.75 Å². The normalized spacial score (nSPS) is 15.1. The Morgan fingerprint density at radius 1 is 1.17 bits per heavy atom. The highest BCUT2D eigenvalue weighted by Gasteiger charge is 2.20. The molecule has 1 saturated heterocycles. The first kappa shape index (κ1) is 23.8. The maximum absolute atomic E-state index is 14.6. The second-order valence-corrected chi connectivity index (χ2v) is 8.58. The zero-order valence-electron chi connectivity index (χ0n) is 19.3. The van der Waals surface area contributed by atoms with E-state index in [0.717, 1.165) is 13.1 Å². The van der Waals surface area contributed by atoms with Crippen LogP contribution in [0.4, 0.5) is 27.4 Å². The fourth-order valence-corrected chi connectivity index (χ4v) is 4.02. The topological polar surface area (TPSA) is 101 Å². The summed E-state index contributed by atoms with van der Waals surface area (Å²) in [6, 6.07) is 9.47. The van der Waals surface area contributed by atoms with Gasteiger partial charge in [-0.15, -0.1) is 0 Å². The molecule has 2 aromatic heterocycles. The molecule has 3 aromatic rings. The number of halogens is 2. The molecule has 5 rings (SSSR count). The summed E-state index contributed by atoms with van der Waals surface area (Å²) in [5.74, 6) is 0.659. The monoisotopic (exact) mass is 510 g/mol. The summed E-state index contributed by atoms with van der Waals surface area (Å²) in [6.07, 6.45) is 4.80. The number of carbonyl (C=O) groups excluding carboxylic acids is 1. The Morgan fingerprint density at radius 3 is 2.89 bits per heavy atom. The molecule has 0 aliphatic carbocycles. The highest BCUT2D eigenvalue weighted by atomic mass is 35.5. The van der Waals surface area contributed by atoms with Crippen molar-refractivity contribution in [2.45, 2.75) is 0 Å². The maximum Gasteiger partial charge on any atom is 0.250 e. The molecule has 1 fully saturated rings. The minimum Gasteiger partial charge on any atom is -0.486 e. The molecule has 0 bridgehead atoms. The van der Waals surface area contributed by atoms with Crippen molar-refractivity contribution in [3.8, 4) is 17.0 Å². The van der Waals surface area contributed by atoms with E-state index >= 15 is 0 Å². The van der Waals surface area contributed by atoms with Gasteiger partial charge < -0.3 is 30.3 Å². The molecule has 0 radical (unpaired) electrons. The van der Waals surface area contributed by atoms with Gasteiger partial charge in [0.15, 0.2) is 11.6 Å². The molecule has 2 aliphatic rings. The molecule has 9 nitrogen and oxygen atoms in total. The number of hydrogen-bond acceptors (Lipinski definition) is 8. The van der Waals surface area contributed by atoms with Crippen LogP contribution in [-0.2, 0) is 9.53 Å². The van der Waals surface area contributed by atoms with Gasteiger partial charge in [0.05, 0.1) is 31.1 Å². The fraction of sp³-hybridized carbons (Fsp3) is 0.240. The number of fused-ring (bicyclic) bond motifs is 1. The Kier molecular flexibility index (Phi) is 7.15. The average Bonchev–Trinajstić information content (AvgIpc) is 2.89. The third-order valence-corrected chi connectivity index (χ3v) is 5.83. The lowest BCUT2D eigenvalue weighted by Crippen LogP contribution is -2.32. The summed E-state index contributed by atoms with van der Waals surface area (Å²) in [7, 11) is 0. The molecule has 2 aliphatic heterocycles. The molecule has 0 spiro atoms. The number of anilines is 4. The predicted molar refractivity (Wildman–Crippen MR) is 136 cm³/mol. The van der Waals surface area contributed by atoms with Gasteiger partial charge in [-0.2, -0.15) is 0 Å². The first-order valence-corrected chi connectivity index (χ1v) is 11.8. The van der Waals surface area contributed by atoms with Crippen LogP contribution < -0.4 is 20.7 Å². The summed E-state index contributed by atoms with van der Waals surface area (Å²) >= 11 is 6.10. The molecule has 11 heteroatoms. The number of hydrogen-bond donors (Lipinski definition) is 3. The molecular weight excluding hydrogens is 487 g/mol. The predicted octanol–water partition coefficient (Wildman–Crippen LogP) is 4.27. The van der Waals surface area contributed by atoms with Gasteiger partial charge in [-0.3, -0.25) is 4.79 Å². The van der Waals surface area contributed by atoms with Crippen LogP contribution in [-0.4, -0.2) is 60.2 Å². The molecule has 3 N–H and O–H groups in total. The van der Waals surface area contributed by atoms with Crippen LogP contribution in [0.25, 0.3) is 11.3 Å². The summed E-state index contributed by atoms with van der Waals surface area (Å²) in [5.41, 5.74) is 1.90. The Bertz CT molecular complexity index is 1300. The molecule has 4 heterocycles. The van der Waals surface area contributed by atoms with E-state index in [0.29, 0.717) is 65.8 Å². The quantitative estimate of drug-likeness (QED) is 0.423. The molecule has 0 saturated carbocycles. The first-order valence-electron chi connectivity index (χ1n) is 11.5. The largest absolute Gasteiger partial charge is 0.486 e. The SMILES string of the molecule is O=C(C=CN1CCOCC1)Nc1cc(Nc2cc(-c3cc(Cl)ccc3F)nc3c2OCCN3)ccn1. The van der Waals surface area contributed by atoms with Crippen LogP contribution in [0.15, 0.2) is 54.9 Å². The van der Waals surface area contributed by atoms with E-state index in [1.165, 1.54) is 24.3 Å². The van der Waals surface area contributed by atoms with Crippen molar-refractivity contribution in [3.05, 3.63) is 65.7 Å².